The van der Waals surface area contributed by atoms with Crippen LogP contribution in [-0.2, 0) is 0 Å². The zero-order chi connectivity index (χ0) is 14.2. The van der Waals surface area contributed by atoms with Crippen molar-refractivity contribution in [3.8, 4) is 0 Å². The molecule has 0 amide bonds. The molecule has 0 aromatic heterocycles. The molecular formula is C18H39N. The van der Waals surface area contributed by atoms with Crippen molar-refractivity contribution in [3.05, 3.63) is 0 Å². The molecule has 1 nitrogen and oxygen atoms in total. The Labute approximate surface area is 122 Å². The third-order valence-electron chi connectivity index (χ3n) is 4.20. The number of rotatable bonds is 15. The Morgan fingerprint density at radius 1 is 0.579 bits per heavy atom. The summed E-state index contributed by atoms with van der Waals surface area (Å²) in [6, 6.07) is 0.452. The minimum absolute atomic E-state index is 0.452. The largest absolute Gasteiger partial charge is 0.328 e. The van der Waals surface area contributed by atoms with Gasteiger partial charge in [0.15, 0.2) is 0 Å². The van der Waals surface area contributed by atoms with Crippen molar-refractivity contribution in [2.75, 3.05) is 0 Å². The van der Waals surface area contributed by atoms with Crippen LogP contribution < -0.4 is 5.73 Å². The zero-order valence-electron chi connectivity index (χ0n) is 13.8. The number of nitrogens with two attached hydrogens (primary N) is 1. The molecule has 0 aliphatic heterocycles. The lowest BCUT2D eigenvalue weighted by atomic mass is 10.0. The van der Waals surface area contributed by atoms with Crippen LogP contribution in [0.15, 0.2) is 0 Å². The lowest BCUT2D eigenvalue weighted by Gasteiger charge is -2.07. The third kappa shape index (κ3) is 15.9. The second-order valence-electron chi connectivity index (χ2n) is 6.20. The average molecular weight is 270 g/mol. The van der Waals surface area contributed by atoms with Gasteiger partial charge in [-0.3, -0.25) is 0 Å². The predicted molar refractivity (Wildman–Crippen MR) is 88.6 cm³/mol. The normalized spacial score (nSPS) is 12.8. The molecule has 1 heteroatoms. The minimum Gasteiger partial charge on any atom is -0.328 e. The summed E-state index contributed by atoms with van der Waals surface area (Å²) in [5, 5.41) is 0. The Balaban J connectivity index is 2.95. The first-order valence-corrected chi connectivity index (χ1v) is 9.06. The van der Waals surface area contributed by atoms with E-state index in [4.69, 9.17) is 5.73 Å². The van der Waals surface area contributed by atoms with E-state index in [-0.39, 0.29) is 0 Å². The van der Waals surface area contributed by atoms with Crippen molar-refractivity contribution in [1.82, 2.24) is 0 Å². The Hall–Kier alpha value is -0.0400. The molecule has 0 heterocycles. The molecule has 2 N–H and O–H groups in total. The first-order chi connectivity index (χ1) is 9.31. The molecule has 1 unspecified atom stereocenters. The van der Waals surface area contributed by atoms with Crippen molar-refractivity contribution in [2.45, 2.75) is 116 Å². The maximum absolute atomic E-state index is 5.91. The molecule has 116 valence electrons. The van der Waals surface area contributed by atoms with Gasteiger partial charge in [-0.2, -0.15) is 0 Å². The maximum atomic E-state index is 5.91. The fourth-order valence-electron chi connectivity index (χ4n) is 2.63. The molecule has 0 aromatic carbocycles. The van der Waals surface area contributed by atoms with Crippen LogP contribution >= 0.6 is 0 Å². The van der Waals surface area contributed by atoms with Gasteiger partial charge in [-0.05, 0) is 12.8 Å². The van der Waals surface area contributed by atoms with Crippen molar-refractivity contribution in [3.63, 3.8) is 0 Å². The van der Waals surface area contributed by atoms with Crippen molar-refractivity contribution >= 4 is 0 Å². The topological polar surface area (TPSA) is 26.0 Å². The molecule has 0 aliphatic carbocycles. The van der Waals surface area contributed by atoms with Gasteiger partial charge in [0.25, 0.3) is 0 Å². The molecule has 0 spiro atoms. The molecule has 0 aliphatic rings. The predicted octanol–water partition coefficient (Wildman–Crippen LogP) is 6.21. The van der Waals surface area contributed by atoms with Crippen LogP contribution in [0, 0.1) is 0 Å². The minimum atomic E-state index is 0.452. The fraction of sp³-hybridized carbons (Fsp3) is 1.00. The van der Waals surface area contributed by atoms with E-state index in [1.807, 2.05) is 0 Å². The van der Waals surface area contributed by atoms with Crippen molar-refractivity contribution < 1.29 is 0 Å². The van der Waals surface area contributed by atoms with Gasteiger partial charge >= 0.3 is 0 Å². The Morgan fingerprint density at radius 2 is 0.947 bits per heavy atom. The maximum Gasteiger partial charge on any atom is 0.00362 e. The summed E-state index contributed by atoms with van der Waals surface area (Å²) in [6.07, 6.45) is 21.0. The third-order valence-corrected chi connectivity index (χ3v) is 4.20. The highest BCUT2D eigenvalue weighted by molar-refractivity contribution is 4.58. The lowest BCUT2D eigenvalue weighted by Crippen LogP contribution is -2.17. The van der Waals surface area contributed by atoms with Crippen LogP contribution in [0.5, 0.6) is 0 Å². The van der Waals surface area contributed by atoms with Gasteiger partial charge in [-0.15, -0.1) is 0 Å². The Bertz CT molecular complexity index is 156. The second-order valence-corrected chi connectivity index (χ2v) is 6.20. The highest BCUT2D eigenvalue weighted by Crippen LogP contribution is 2.13. The summed E-state index contributed by atoms with van der Waals surface area (Å²) in [4.78, 5) is 0. The highest BCUT2D eigenvalue weighted by Gasteiger charge is 1.98. The first-order valence-electron chi connectivity index (χ1n) is 9.06. The summed E-state index contributed by atoms with van der Waals surface area (Å²) in [6.45, 7) is 4.48. The molecule has 0 saturated heterocycles. The molecule has 0 rings (SSSR count). The van der Waals surface area contributed by atoms with E-state index < -0.39 is 0 Å². The average Bonchev–Trinajstić information content (AvgIpc) is 2.43. The van der Waals surface area contributed by atoms with E-state index in [0.29, 0.717) is 6.04 Å². The van der Waals surface area contributed by atoms with E-state index in [2.05, 4.69) is 13.8 Å². The van der Waals surface area contributed by atoms with Crippen LogP contribution in [0.25, 0.3) is 0 Å². The van der Waals surface area contributed by atoms with Gasteiger partial charge in [0, 0.05) is 6.04 Å². The van der Waals surface area contributed by atoms with Gasteiger partial charge < -0.3 is 5.73 Å². The lowest BCUT2D eigenvalue weighted by molar-refractivity contribution is 0.511. The van der Waals surface area contributed by atoms with Crippen LogP contribution in [0.4, 0.5) is 0 Å². The summed E-state index contributed by atoms with van der Waals surface area (Å²) < 4.78 is 0. The quantitative estimate of drug-likeness (QED) is 0.352. The summed E-state index contributed by atoms with van der Waals surface area (Å²) in [5.41, 5.74) is 5.91. The smallest absolute Gasteiger partial charge is 0.00362 e. The van der Waals surface area contributed by atoms with Crippen LogP contribution in [0.3, 0.4) is 0 Å². The zero-order valence-corrected chi connectivity index (χ0v) is 13.8. The highest BCUT2D eigenvalue weighted by atomic mass is 14.6. The Kier molecular flexibility index (Phi) is 16.0. The van der Waals surface area contributed by atoms with Gasteiger partial charge in [0.05, 0.1) is 0 Å². The summed E-state index contributed by atoms with van der Waals surface area (Å²) in [7, 11) is 0. The van der Waals surface area contributed by atoms with E-state index in [1.165, 1.54) is 89.9 Å². The fourth-order valence-corrected chi connectivity index (χ4v) is 2.63. The van der Waals surface area contributed by atoms with Gasteiger partial charge in [-0.25, -0.2) is 0 Å². The van der Waals surface area contributed by atoms with E-state index in [0.717, 1.165) is 6.42 Å². The second kappa shape index (κ2) is 16.0. The molecule has 19 heavy (non-hydrogen) atoms. The number of hydrogen-bond acceptors (Lipinski definition) is 1. The van der Waals surface area contributed by atoms with Crippen molar-refractivity contribution in [2.24, 2.45) is 5.73 Å². The van der Waals surface area contributed by atoms with Crippen LogP contribution in [-0.4, -0.2) is 6.04 Å². The molecule has 0 saturated carbocycles. The molecular weight excluding hydrogens is 230 g/mol. The Morgan fingerprint density at radius 3 is 1.32 bits per heavy atom. The SMILES string of the molecule is CCCCCCCCCCCCCCCC(N)CC. The molecule has 0 radical (unpaired) electrons. The number of hydrogen-bond donors (Lipinski definition) is 1. The van der Waals surface area contributed by atoms with Gasteiger partial charge in [-0.1, -0.05) is 97.3 Å². The van der Waals surface area contributed by atoms with Crippen LogP contribution in [0.2, 0.25) is 0 Å². The van der Waals surface area contributed by atoms with E-state index in [1.54, 1.807) is 0 Å². The monoisotopic (exact) mass is 269 g/mol. The van der Waals surface area contributed by atoms with Crippen molar-refractivity contribution in [1.29, 1.82) is 0 Å². The summed E-state index contributed by atoms with van der Waals surface area (Å²) >= 11 is 0. The van der Waals surface area contributed by atoms with E-state index in [9.17, 15) is 0 Å². The van der Waals surface area contributed by atoms with E-state index >= 15 is 0 Å². The van der Waals surface area contributed by atoms with Gasteiger partial charge in [0.2, 0.25) is 0 Å². The first kappa shape index (κ1) is 19.0. The summed E-state index contributed by atoms with van der Waals surface area (Å²) in [5.74, 6) is 0. The molecule has 0 fully saturated rings. The molecule has 0 bridgehead atoms. The molecule has 1 atom stereocenters. The molecule has 0 aromatic rings. The standard InChI is InChI=1S/C18H39N/c1-3-5-6-7-8-9-10-11-12-13-14-15-16-17-18(19)4-2/h18H,3-17,19H2,1-2H3. The number of unbranched alkanes of at least 4 members (excludes halogenated alkanes) is 12. The van der Waals surface area contributed by atoms with Gasteiger partial charge in [0.1, 0.15) is 0 Å². The van der Waals surface area contributed by atoms with Crippen LogP contribution in [0.1, 0.15) is 110 Å².